The molecule has 134 valence electrons. The van der Waals surface area contributed by atoms with Gasteiger partial charge in [0.05, 0.1) is 24.0 Å². The first kappa shape index (κ1) is 15.6. The maximum atomic E-state index is 13.0. The second-order valence-electron chi connectivity index (χ2n) is 9.03. The van der Waals surface area contributed by atoms with E-state index in [4.69, 9.17) is 9.47 Å². The Morgan fingerprint density at radius 3 is 2.96 bits per heavy atom. The molecule has 7 atom stereocenters. The van der Waals surface area contributed by atoms with Crippen LogP contribution < -0.4 is 0 Å². The van der Waals surface area contributed by atoms with Crippen molar-refractivity contribution >= 4 is 11.9 Å². The molecule has 1 heterocycles. The average Bonchev–Trinajstić information content (AvgIpc) is 2.95. The Hall–Kier alpha value is -1.62. The lowest BCUT2D eigenvalue weighted by molar-refractivity contribution is -0.162. The molecule has 1 saturated heterocycles. The molecule has 1 N–H and O–H groups in total. The van der Waals surface area contributed by atoms with Gasteiger partial charge in [-0.2, -0.15) is 0 Å². The normalized spacial score (nSPS) is 54.9. The minimum atomic E-state index is -0.898. The van der Waals surface area contributed by atoms with Crippen LogP contribution in [0.4, 0.5) is 0 Å². The zero-order valence-electron chi connectivity index (χ0n) is 14.7. The zero-order valence-corrected chi connectivity index (χ0v) is 14.7. The third-order valence-corrected chi connectivity index (χ3v) is 8.16. The summed E-state index contributed by atoms with van der Waals surface area (Å²) in [5, 5.41) is 11.0. The van der Waals surface area contributed by atoms with Crippen molar-refractivity contribution in [2.45, 2.75) is 50.2 Å². The smallest absolute Gasteiger partial charge is 0.316 e. The summed E-state index contributed by atoms with van der Waals surface area (Å²) < 4.78 is 11.3. The van der Waals surface area contributed by atoms with Gasteiger partial charge in [0.1, 0.15) is 5.60 Å². The molecule has 0 aromatic rings. The minimum absolute atomic E-state index is 0.0596. The lowest BCUT2D eigenvalue weighted by Gasteiger charge is -2.45. The summed E-state index contributed by atoms with van der Waals surface area (Å²) in [5.74, 6) is -1.13. The third-order valence-electron chi connectivity index (χ3n) is 8.16. The number of aliphatic hydroxyl groups is 1. The molecule has 4 aliphatic carbocycles. The van der Waals surface area contributed by atoms with Crippen LogP contribution in [0.1, 0.15) is 39.0 Å². The molecule has 5 nitrogen and oxygen atoms in total. The van der Waals surface area contributed by atoms with Crippen LogP contribution in [0.15, 0.2) is 24.3 Å². The number of methoxy groups -OCH3 is 1. The summed E-state index contributed by atoms with van der Waals surface area (Å²) in [6.07, 6.45) is 7.11. The van der Waals surface area contributed by atoms with E-state index in [1.165, 1.54) is 7.11 Å². The summed E-state index contributed by atoms with van der Waals surface area (Å²) in [4.78, 5) is 25.7. The van der Waals surface area contributed by atoms with E-state index in [9.17, 15) is 14.7 Å². The topological polar surface area (TPSA) is 72.8 Å². The summed E-state index contributed by atoms with van der Waals surface area (Å²) in [6, 6.07) is 0. The van der Waals surface area contributed by atoms with Crippen LogP contribution in [-0.2, 0) is 19.1 Å². The van der Waals surface area contributed by atoms with E-state index in [-0.39, 0.29) is 23.8 Å². The molecular weight excluding hydrogens is 320 g/mol. The number of carbonyl (C=O) groups is 2. The predicted molar refractivity (Wildman–Crippen MR) is 88.2 cm³/mol. The fourth-order valence-corrected chi connectivity index (χ4v) is 7.34. The van der Waals surface area contributed by atoms with Crippen molar-refractivity contribution in [1.29, 1.82) is 0 Å². The standard InChI is InChI=1S/C20H24O5/c1-11-9-18-10-19(11,23)8-5-12(18)20-7-4-6-17(2,16(22)25-20)14(20)13(18)15(21)24-3/h4,6,12-14,23H,1,5,7-10H2,2-3H3/t12?,13-,14?,17?,18+,19+,20-/m1/s1. The highest BCUT2D eigenvalue weighted by molar-refractivity contribution is 5.87. The van der Waals surface area contributed by atoms with Crippen LogP contribution in [0.2, 0.25) is 0 Å². The van der Waals surface area contributed by atoms with Crippen molar-refractivity contribution < 1.29 is 24.2 Å². The highest BCUT2D eigenvalue weighted by Crippen LogP contribution is 2.77. The van der Waals surface area contributed by atoms with Gasteiger partial charge in [0, 0.05) is 18.3 Å². The van der Waals surface area contributed by atoms with Crippen LogP contribution in [0.3, 0.4) is 0 Å². The number of hydrogen-bond donors (Lipinski definition) is 1. The maximum absolute atomic E-state index is 13.0. The van der Waals surface area contributed by atoms with Crippen molar-refractivity contribution in [2.75, 3.05) is 7.11 Å². The van der Waals surface area contributed by atoms with E-state index in [0.29, 0.717) is 25.7 Å². The molecule has 0 aromatic carbocycles. The Kier molecular flexibility index (Phi) is 2.62. The molecule has 0 aromatic heterocycles. The Balaban J connectivity index is 1.76. The molecule has 3 saturated carbocycles. The number of esters is 2. The third kappa shape index (κ3) is 1.44. The number of fused-ring (bicyclic) bond motifs is 1. The number of carbonyl (C=O) groups excluding carboxylic acids is 2. The molecule has 25 heavy (non-hydrogen) atoms. The van der Waals surface area contributed by atoms with Gasteiger partial charge in [-0.15, -0.1) is 0 Å². The maximum Gasteiger partial charge on any atom is 0.316 e. The van der Waals surface area contributed by atoms with Gasteiger partial charge in [0.25, 0.3) is 0 Å². The Morgan fingerprint density at radius 2 is 2.24 bits per heavy atom. The van der Waals surface area contributed by atoms with Crippen molar-refractivity contribution in [1.82, 2.24) is 0 Å². The predicted octanol–water partition coefficient (Wildman–Crippen LogP) is 2.14. The molecule has 1 aliphatic heterocycles. The Labute approximate surface area is 147 Å². The zero-order chi connectivity index (χ0) is 17.8. The van der Waals surface area contributed by atoms with E-state index in [1.54, 1.807) is 0 Å². The monoisotopic (exact) mass is 344 g/mol. The molecule has 5 heteroatoms. The number of ether oxygens (including phenoxy) is 2. The molecule has 4 bridgehead atoms. The van der Waals surface area contributed by atoms with Crippen molar-refractivity contribution in [3.8, 4) is 0 Å². The van der Waals surface area contributed by atoms with Gasteiger partial charge in [-0.3, -0.25) is 9.59 Å². The highest BCUT2D eigenvalue weighted by atomic mass is 16.6. The minimum Gasteiger partial charge on any atom is -0.469 e. The Bertz CT molecular complexity index is 755. The molecule has 3 unspecified atom stereocenters. The van der Waals surface area contributed by atoms with Crippen molar-refractivity contribution in [3.63, 3.8) is 0 Å². The average molecular weight is 344 g/mol. The van der Waals surface area contributed by atoms with Gasteiger partial charge < -0.3 is 14.6 Å². The molecule has 0 radical (unpaired) electrons. The number of rotatable bonds is 1. The Morgan fingerprint density at radius 1 is 1.48 bits per heavy atom. The summed E-state index contributed by atoms with van der Waals surface area (Å²) >= 11 is 0. The first-order valence-corrected chi connectivity index (χ1v) is 9.13. The van der Waals surface area contributed by atoms with Gasteiger partial charge in [0.2, 0.25) is 0 Å². The van der Waals surface area contributed by atoms with Gasteiger partial charge >= 0.3 is 11.9 Å². The quantitative estimate of drug-likeness (QED) is 0.583. The van der Waals surface area contributed by atoms with Crippen LogP contribution in [0, 0.1) is 28.6 Å². The first-order valence-electron chi connectivity index (χ1n) is 9.13. The van der Waals surface area contributed by atoms with Gasteiger partial charge in [-0.05, 0) is 43.6 Å². The molecular formula is C20H24O5. The van der Waals surface area contributed by atoms with Crippen LogP contribution in [0.25, 0.3) is 0 Å². The second-order valence-corrected chi connectivity index (χ2v) is 9.03. The number of hydrogen-bond acceptors (Lipinski definition) is 5. The van der Waals surface area contributed by atoms with E-state index in [0.717, 1.165) is 12.0 Å². The SMILES string of the molecule is C=C1C[C@]23C[C@@]1(O)CCC2[C@@]12CC=CC(C)(C(=O)O1)C2[C@@H]3C(=O)OC. The molecule has 4 fully saturated rings. The first-order chi connectivity index (χ1) is 11.7. The van der Waals surface area contributed by atoms with Gasteiger partial charge in [-0.1, -0.05) is 18.7 Å². The van der Waals surface area contributed by atoms with Crippen LogP contribution >= 0.6 is 0 Å². The highest BCUT2D eigenvalue weighted by Gasteiger charge is 2.82. The summed E-state index contributed by atoms with van der Waals surface area (Å²) in [7, 11) is 1.41. The van der Waals surface area contributed by atoms with Gasteiger partial charge in [0.15, 0.2) is 0 Å². The summed E-state index contributed by atoms with van der Waals surface area (Å²) in [6.45, 7) is 6.01. The van der Waals surface area contributed by atoms with E-state index < -0.39 is 27.9 Å². The van der Waals surface area contributed by atoms with Crippen LogP contribution in [-0.4, -0.2) is 35.4 Å². The van der Waals surface area contributed by atoms with E-state index in [1.807, 2.05) is 19.1 Å². The molecule has 0 amide bonds. The van der Waals surface area contributed by atoms with Gasteiger partial charge in [-0.25, -0.2) is 0 Å². The fraction of sp³-hybridized carbons (Fsp3) is 0.700. The van der Waals surface area contributed by atoms with Crippen molar-refractivity contribution in [2.24, 2.45) is 28.6 Å². The largest absolute Gasteiger partial charge is 0.469 e. The summed E-state index contributed by atoms with van der Waals surface area (Å²) in [5.41, 5.74) is -1.95. The van der Waals surface area contributed by atoms with Crippen molar-refractivity contribution in [3.05, 3.63) is 24.3 Å². The lowest BCUT2D eigenvalue weighted by atomic mass is 9.62. The van der Waals surface area contributed by atoms with Crippen LogP contribution in [0.5, 0.6) is 0 Å². The second kappa shape index (κ2) is 4.20. The fourth-order valence-electron chi connectivity index (χ4n) is 7.34. The molecule has 1 spiro atoms. The molecule has 5 aliphatic rings. The lowest BCUT2D eigenvalue weighted by Crippen LogP contribution is -2.47. The van der Waals surface area contributed by atoms with E-state index in [2.05, 4.69) is 6.58 Å². The van der Waals surface area contributed by atoms with E-state index >= 15 is 0 Å². The molecule has 5 rings (SSSR count).